The Kier molecular flexibility index (Phi) is 4.12. The monoisotopic (exact) mass is 243 g/mol. The third-order valence-electron chi connectivity index (χ3n) is 3.07. The van der Waals surface area contributed by atoms with E-state index in [1.807, 2.05) is 0 Å². The molecule has 1 aliphatic rings. The van der Waals surface area contributed by atoms with E-state index in [4.69, 9.17) is 11.6 Å². The average molecular weight is 244 g/mol. The highest BCUT2D eigenvalue weighted by molar-refractivity contribution is 6.18. The Hall–Kier alpha value is -0.680. The first kappa shape index (κ1) is 11.8. The van der Waals surface area contributed by atoms with Gasteiger partial charge in [0.2, 0.25) is 0 Å². The first-order valence-electron chi connectivity index (χ1n) is 5.82. The van der Waals surface area contributed by atoms with Gasteiger partial charge in [-0.15, -0.1) is 21.8 Å². The fourth-order valence-corrected chi connectivity index (χ4v) is 2.54. The van der Waals surface area contributed by atoms with E-state index >= 15 is 0 Å². The van der Waals surface area contributed by atoms with Crippen molar-refractivity contribution in [3.8, 4) is 0 Å². The fourth-order valence-electron chi connectivity index (χ4n) is 2.19. The average Bonchev–Trinajstić information content (AvgIpc) is 2.56. The summed E-state index contributed by atoms with van der Waals surface area (Å²) in [5.74, 6) is 1.49. The maximum Gasteiger partial charge on any atom is 0.188 e. The molecule has 1 aromatic heterocycles. The highest BCUT2D eigenvalue weighted by atomic mass is 35.5. The fraction of sp³-hybridized carbons (Fsp3) is 0.900. The number of nitrogens with zero attached hydrogens (tertiary/aromatic N) is 5. The molecule has 1 fully saturated rings. The van der Waals surface area contributed by atoms with Gasteiger partial charge in [-0.2, -0.15) is 4.80 Å². The van der Waals surface area contributed by atoms with Gasteiger partial charge in [-0.25, -0.2) is 0 Å². The number of hydrogen-bond acceptors (Lipinski definition) is 4. The van der Waals surface area contributed by atoms with Crippen LogP contribution in [-0.2, 0) is 13.6 Å². The van der Waals surface area contributed by atoms with Crippen LogP contribution in [-0.4, -0.2) is 43.6 Å². The summed E-state index contributed by atoms with van der Waals surface area (Å²) in [5, 5.41) is 12.1. The predicted molar refractivity (Wildman–Crippen MR) is 62.2 cm³/mol. The molecule has 1 saturated heterocycles. The molecular weight excluding hydrogens is 226 g/mol. The van der Waals surface area contributed by atoms with Gasteiger partial charge in [0.1, 0.15) is 0 Å². The largest absolute Gasteiger partial charge is 0.292 e. The van der Waals surface area contributed by atoms with E-state index in [0.717, 1.165) is 18.9 Å². The van der Waals surface area contributed by atoms with Crippen LogP contribution in [0.2, 0.25) is 0 Å². The van der Waals surface area contributed by atoms with Gasteiger partial charge in [0.25, 0.3) is 0 Å². The zero-order valence-electron chi connectivity index (χ0n) is 9.64. The molecule has 0 spiro atoms. The molecule has 5 nitrogen and oxygen atoms in total. The van der Waals surface area contributed by atoms with E-state index in [2.05, 4.69) is 20.3 Å². The van der Waals surface area contributed by atoms with Gasteiger partial charge in [-0.1, -0.05) is 12.8 Å². The molecule has 16 heavy (non-hydrogen) atoms. The summed E-state index contributed by atoms with van der Waals surface area (Å²) in [7, 11) is 1.79. The van der Waals surface area contributed by atoms with Crippen LogP contribution in [0, 0.1) is 0 Å². The van der Waals surface area contributed by atoms with Crippen LogP contribution in [0.5, 0.6) is 0 Å². The van der Waals surface area contributed by atoms with E-state index < -0.39 is 0 Å². The maximum absolute atomic E-state index is 6.02. The van der Waals surface area contributed by atoms with Crippen molar-refractivity contribution in [1.82, 2.24) is 25.1 Å². The first-order chi connectivity index (χ1) is 7.79. The Labute approximate surface area is 101 Å². The van der Waals surface area contributed by atoms with Crippen molar-refractivity contribution in [2.45, 2.75) is 38.3 Å². The van der Waals surface area contributed by atoms with Gasteiger partial charge < -0.3 is 0 Å². The van der Waals surface area contributed by atoms with Crippen molar-refractivity contribution in [1.29, 1.82) is 0 Å². The van der Waals surface area contributed by atoms with Gasteiger partial charge in [0.05, 0.1) is 13.6 Å². The number of aromatic nitrogens is 4. The SMILES string of the molecule is Cn1nnc(CN2CCCCCC2CCl)n1. The quantitative estimate of drug-likeness (QED) is 0.749. The molecular formula is C10H18ClN5. The molecule has 0 aliphatic carbocycles. The van der Waals surface area contributed by atoms with E-state index in [-0.39, 0.29) is 0 Å². The molecule has 1 aromatic rings. The number of hydrogen-bond donors (Lipinski definition) is 0. The van der Waals surface area contributed by atoms with Gasteiger partial charge in [0, 0.05) is 11.9 Å². The van der Waals surface area contributed by atoms with E-state index in [1.165, 1.54) is 30.5 Å². The summed E-state index contributed by atoms with van der Waals surface area (Å²) in [6.07, 6.45) is 5.01. The lowest BCUT2D eigenvalue weighted by molar-refractivity contribution is 0.202. The molecule has 0 N–H and O–H groups in total. The molecule has 0 aromatic carbocycles. The van der Waals surface area contributed by atoms with Gasteiger partial charge in [0.15, 0.2) is 5.82 Å². The molecule has 0 amide bonds. The van der Waals surface area contributed by atoms with Crippen molar-refractivity contribution in [3.63, 3.8) is 0 Å². The number of halogens is 1. The number of alkyl halides is 1. The minimum atomic E-state index is 0.466. The van der Waals surface area contributed by atoms with Gasteiger partial charge in [-0.05, 0) is 24.6 Å². The lowest BCUT2D eigenvalue weighted by atomic mass is 10.1. The topological polar surface area (TPSA) is 46.8 Å². The van der Waals surface area contributed by atoms with Crippen LogP contribution < -0.4 is 0 Å². The molecule has 0 radical (unpaired) electrons. The molecule has 1 unspecified atom stereocenters. The highest BCUT2D eigenvalue weighted by Gasteiger charge is 2.21. The number of likely N-dealkylation sites (tertiary alicyclic amines) is 1. The zero-order valence-corrected chi connectivity index (χ0v) is 10.4. The van der Waals surface area contributed by atoms with Crippen LogP contribution in [0.4, 0.5) is 0 Å². The summed E-state index contributed by atoms with van der Waals surface area (Å²) in [5.41, 5.74) is 0. The summed E-state index contributed by atoms with van der Waals surface area (Å²) in [6, 6.07) is 0.466. The van der Waals surface area contributed by atoms with Crippen LogP contribution in [0.3, 0.4) is 0 Å². The highest BCUT2D eigenvalue weighted by Crippen LogP contribution is 2.19. The third kappa shape index (κ3) is 2.92. The van der Waals surface area contributed by atoms with Crippen LogP contribution >= 0.6 is 11.6 Å². The van der Waals surface area contributed by atoms with Crippen LogP contribution in [0.25, 0.3) is 0 Å². The summed E-state index contributed by atoms with van der Waals surface area (Å²) in [6.45, 7) is 1.86. The Morgan fingerprint density at radius 2 is 2.25 bits per heavy atom. The Bertz CT molecular complexity index is 327. The minimum absolute atomic E-state index is 0.466. The Morgan fingerprint density at radius 3 is 2.94 bits per heavy atom. The standard InChI is InChI=1S/C10H18ClN5/c1-15-13-10(12-14-15)8-16-6-4-2-3-5-9(16)7-11/h9H,2-8H2,1H3. The second-order valence-corrected chi connectivity index (χ2v) is 4.63. The van der Waals surface area contributed by atoms with Crippen molar-refractivity contribution < 1.29 is 0 Å². The summed E-state index contributed by atoms with van der Waals surface area (Å²) < 4.78 is 0. The molecule has 2 rings (SSSR count). The van der Waals surface area contributed by atoms with Gasteiger partial charge in [-0.3, -0.25) is 4.90 Å². The normalized spacial score (nSPS) is 23.2. The first-order valence-corrected chi connectivity index (χ1v) is 6.36. The smallest absolute Gasteiger partial charge is 0.188 e. The van der Waals surface area contributed by atoms with Crippen molar-refractivity contribution in [2.24, 2.45) is 7.05 Å². The lowest BCUT2D eigenvalue weighted by Crippen LogP contribution is -2.36. The molecule has 90 valence electrons. The third-order valence-corrected chi connectivity index (χ3v) is 3.43. The Balaban J connectivity index is 1.99. The predicted octanol–water partition coefficient (Wildman–Crippen LogP) is 1.19. The number of tetrazole rings is 1. The molecule has 2 heterocycles. The maximum atomic E-state index is 6.02. The van der Waals surface area contributed by atoms with E-state index in [9.17, 15) is 0 Å². The number of rotatable bonds is 3. The van der Waals surface area contributed by atoms with Crippen LogP contribution in [0.15, 0.2) is 0 Å². The zero-order chi connectivity index (χ0) is 11.4. The Morgan fingerprint density at radius 1 is 1.38 bits per heavy atom. The second kappa shape index (κ2) is 5.59. The second-order valence-electron chi connectivity index (χ2n) is 4.32. The molecule has 1 aliphatic heterocycles. The minimum Gasteiger partial charge on any atom is -0.292 e. The van der Waals surface area contributed by atoms with Crippen molar-refractivity contribution >= 4 is 11.6 Å². The van der Waals surface area contributed by atoms with E-state index in [0.29, 0.717) is 11.9 Å². The summed E-state index contributed by atoms with van der Waals surface area (Å²) in [4.78, 5) is 3.89. The van der Waals surface area contributed by atoms with Crippen molar-refractivity contribution in [3.05, 3.63) is 5.82 Å². The lowest BCUT2D eigenvalue weighted by Gasteiger charge is -2.26. The van der Waals surface area contributed by atoms with Gasteiger partial charge >= 0.3 is 0 Å². The van der Waals surface area contributed by atoms with Crippen molar-refractivity contribution in [2.75, 3.05) is 12.4 Å². The number of aryl methyl sites for hydroxylation is 1. The molecule has 0 saturated carbocycles. The van der Waals surface area contributed by atoms with E-state index in [1.54, 1.807) is 7.05 Å². The van der Waals surface area contributed by atoms with Crippen LogP contribution in [0.1, 0.15) is 31.5 Å². The molecule has 1 atom stereocenters. The summed E-state index contributed by atoms with van der Waals surface area (Å²) >= 11 is 6.02. The molecule has 6 heteroatoms. The molecule has 0 bridgehead atoms.